The minimum Gasteiger partial charge on any atom is -0.342 e. The van der Waals surface area contributed by atoms with Crippen molar-refractivity contribution < 1.29 is 9.31 Å². The van der Waals surface area contributed by atoms with E-state index < -0.39 is 4.92 Å². The summed E-state index contributed by atoms with van der Waals surface area (Å²) in [7, 11) is 0. The third-order valence-electron chi connectivity index (χ3n) is 3.06. The first-order valence-electron chi connectivity index (χ1n) is 6.28. The molecule has 0 heterocycles. The molecule has 0 aliphatic carbocycles. The molecule has 0 unspecified atom stereocenters. The third kappa shape index (κ3) is 2.98. The summed E-state index contributed by atoms with van der Waals surface area (Å²) in [6.45, 7) is 2.43. The first-order chi connectivity index (χ1) is 10.1. The Morgan fingerprint density at radius 2 is 1.86 bits per heavy atom. The van der Waals surface area contributed by atoms with E-state index in [4.69, 9.17) is 5.26 Å². The molecule has 0 aliphatic heterocycles. The van der Waals surface area contributed by atoms with Gasteiger partial charge >= 0.3 is 0 Å². The largest absolute Gasteiger partial charge is 0.342 e. The Kier molecular flexibility index (Phi) is 4.14. The summed E-state index contributed by atoms with van der Waals surface area (Å²) in [6, 6.07) is 12.1. The van der Waals surface area contributed by atoms with E-state index in [1.807, 2.05) is 6.92 Å². The maximum atomic E-state index is 13.0. The average Bonchev–Trinajstić information content (AvgIpc) is 2.49. The fourth-order valence-corrected chi connectivity index (χ4v) is 2.07. The van der Waals surface area contributed by atoms with Gasteiger partial charge in [0.15, 0.2) is 0 Å². The molecule has 0 atom stereocenters. The molecule has 5 nitrogen and oxygen atoms in total. The predicted octanol–water partition coefficient (Wildman–Crippen LogP) is 3.76. The van der Waals surface area contributed by atoms with Gasteiger partial charge < -0.3 is 4.90 Å². The van der Waals surface area contributed by atoms with Crippen molar-refractivity contribution in [2.75, 3.05) is 11.4 Å². The standard InChI is InChI=1S/C15H12FN3O2/c1-2-18(13-7-4-12(16)5-8-13)14-6-3-11(10-17)15(9-14)19(20)21/h3-9H,2H2,1H3. The second kappa shape index (κ2) is 6.01. The zero-order valence-electron chi connectivity index (χ0n) is 11.3. The minimum atomic E-state index is -0.583. The maximum absolute atomic E-state index is 13.0. The van der Waals surface area contributed by atoms with Crippen molar-refractivity contribution in [3.63, 3.8) is 0 Å². The van der Waals surface area contributed by atoms with Crippen LogP contribution in [0.25, 0.3) is 0 Å². The van der Waals surface area contributed by atoms with Crippen molar-refractivity contribution in [1.82, 2.24) is 0 Å². The van der Waals surface area contributed by atoms with E-state index in [0.29, 0.717) is 12.2 Å². The molecular weight excluding hydrogens is 273 g/mol. The quantitative estimate of drug-likeness (QED) is 0.633. The van der Waals surface area contributed by atoms with Crippen LogP contribution in [-0.4, -0.2) is 11.5 Å². The zero-order chi connectivity index (χ0) is 15.4. The first-order valence-corrected chi connectivity index (χ1v) is 6.28. The Morgan fingerprint density at radius 3 is 2.38 bits per heavy atom. The third-order valence-corrected chi connectivity index (χ3v) is 3.06. The number of nitro benzene ring substituents is 1. The van der Waals surface area contributed by atoms with Crippen molar-refractivity contribution in [3.05, 3.63) is 64.0 Å². The predicted molar refractivity (Wildman–Crippen MR) is 76.9 cm³/mol. The number of nitrogens with zero attached hydrogens (tertiary/aromatic N) is 3. The second-order valence-electron chi connectivity index (χ2n) is 4.29. The van der Waals surface area contributed by atoms with E-state index in [-0.39, 0.29) is 17.1 Å². The average molecular weight is 285 g/mol. The van der Waals surface area contributed by atoms with Gasteiger partial charge in [0.1, 0.15) is 17.4 Å². The molecule has 2 aromatic carbocycles. The fourth-order valence-electron chi connectivity index (χ4n) is 2.07. The number of hydrogen-bond donors (Lipinski definition) is 0. The van der Waals surface area contributed by atoms with E-state index in [2.05, 4.69) is 0 Å². The number of anilines is 2. The Bertz CT molecular complexity index is 708. The van der Waals surface area contributed by atoms with Crippen LogP contribution >= 0.6 is 0 Å². The lowest BCUT2D eigenvalue weighted by Crippen LogP contribution is -2.16. The van der Waals surface area contributed by atoms with Crippen LogP contribution in [0.2, 0.25) is 0 Å². The molecule has 21 heavy (non-hydrogen) atoms. The monoisotopic (exact) mass is 285 g/mol. The van der Waals surface area contributed by atoms with Gasteiger partial charge in [0.05, 0.1) is 4.92 Å². The second-order valence-corrected chi connectivity index (χ2v) is 4.29. The van der Waals surface area contributed by atoms with Gasteiger partial charge in [-0.2, -0.15) is 5.26 Å². The number of hydrogen-bond acceptors (Lipinski definition) is 4. The van der Waals surface area contributed by atoms with Crippen molar-refractivity contribution in [1.29, 1.82) is 5.26 Å². The normalized spacial score (nSPS) is 9.95. The van der Waals surface area contributed by atoms with Gasteiger partial charge in [-0.25, -0.2) is 4.39 Å². The molecule has 0 N–H and O–H groups in total. The Balaban J connectivity index is 2.48. The molecule has 2 aromatic rings. The van der Waals surface area contributed by atoms with E-state index in [9.17, 15) is 14.5 Å². The lowest BCUT2D eigenvalue weighted by atomic mass is 10.1. The van der Waals surface area contributed by atoms with E-state index in [1.165, 1.54) is 24.3 Å². The SMILES string of the molecule is CCN(c1ccc(F)cc1)c1ccc(C#N)c([N+](=O)[O-])c1. The molecular formula is C15H12FN3O2. The van der Waals surface area contributed by atoms with Gasteiger partial charge in [-0.05, 0) is 43.3 Å². The molecule has 2 rings (SSSR count). The lowest BCUT2D eigenvalue weighted by molar-refractivity contribution is -0.385. The summed E-state index contributed by atoms with van der Waals surface area (Å²) in [5, 5.41) is 19.9. The number of nitro groups is 1. The van der Waals surface area contributed by atoms with Gasteiger partial charge in [-0.15, -0.1) is 0 Å². The summed E-state index contributed by atoms with van der Waals surface area (Å²) in [5.41, 5.74) is 1.07. The van der Waals surface area contributed by atoms with Crippen molar-refractivity contribution >= 4 is 17.1 Å². The van der Waals surface area contributed by atoms with E-state index in [0.717, 1.165) is 5.69 Å². The van der Waals surface area contributed by atoms with Crippen LogP contribution in [0.3, 0.4) is 0 Å². The molecule has 0 saturated heterocycles. The van der Waals surface area contributed by atoms with Crippen LogP contribution in [-0.2, 0) is 0 Å². The highest BCUT2D eigenvalue weighted by Crippen LogP contribution is 2.30. The molecule has 0 aliphatic rings. The fraction of sp³-hybridized carbons (Fsp3) is 0.133. The maximum Gasteiger partial charge on any atom is 0.289 e. The number of nitriles is 1. The number of rotatable bonds is 4. The highest BCUT2D eigenvalue weighted by molar-refractivity contribution is 5.68. The summed E-state index contributed by atoms with van der Waals surface area (Å²) < 4.78 is 13.0. The van der Waals surface area contributed by atoms with Gasteiger partial charge in [0.25, 0.3) is 5.69 Å². The van der Waals surface area contributed by atoms with Crippen molar-refractivity contribution in [2.24, 2.45) is 0 Å². The summed E-state index contributed by atoms with van der Waals surface area (Å²) >= 11 is 0. The molecule has 0 aromatic heterocycles. The number of halogens is 1. The molecule has 0 amide bonds. The summed E-state index contributed by atoms with van der Waals surface area (Å²) in [6.07, 6.45) is 0. The summed E-state index contributed by atoms with van der Waals surface area (Å²) in [4.78, 5) is 12.2. The van der Waals surface area contributed by atoms with E-state index in [1.54, 1.807) is 29.2 Å². The van der Waals surface area contributed by atoms with Crippen molar-refractivity contribution in [2.45, 2.75) is 6.92 Å². The lowest BCUT2D eigenvalue weighted by Gasteiger charge is -2.23. The molecule has 0 spiro atoms. The molecule has 106 valence electrons. The van der Waals surface area contributed by atoms with Gasteiger partial charge in [0, 0.05) is 24.0 Å². The summed E-state index contributed by atoms with van der Waals surface area (Å²) in [5.74, 6) is -0.347. The first kappa shape index (κ1) is 14.5. The Labute approximate surface area is 121 Å². The van der Waals surface area contributed by atoms with Crippen LogP contribution in [0.15, 0.2) is 42.5 Å². The van der Waals surface area contributed by atoms with Crippen molar-refractivity contribution in [3.8, 4) is 6.07 Å². The topological polar surface area (TPSA) is 70.2 Å². The van der Waals surface area contributed by atoms with Crippen LogP contribution < -0.4 is 4.90 Å². The van der Waals surface area contributed by atoms with Crippen LogP contribution in [0.5, 0.6) is 0 Å². The zero-order valence-corrected chi connectivity index (χ0v) is 11.3. The van der Waals surface area contributed by atoms with Gasteiger partial charge in [0.2, 0.25) is 0 Å². The highest BCUT2D eigenvalue weighted by Gasteiger charge is 2.17. The Hall–Kier alpha value is -2.94. The molecule has 0 radical (unpaired) electrons. The molecule has 0 fully saturated rings. The van der Waals surface area contributed by atoms with Gasteiger partial charge in [-0.3, -0.25) is 10.1 Å². The molecule has 0 saturated carbocycles. The molecule has 0 bridgehead atoms. The Morgan fingerprint density at radius 1 is 1.24 bits per heavy atom. The smallest absolute Gasteiger partial charge is 0.289 e. The van der Waals surface area contributed by atoms with Gasteiger partial charge in [-0.1, -0.05) is 0 Å². The van der Waals surface area contributed by atoms with Crippen LogP contribution in [0, 0.1) is 27.3 Å². The number of benzene rings is 2. The molecule has 6 heteroatoms. The van der Waals surface area contributed by atoms with E-state index >= 15 is 0 Å². The minimum absolute atomic E-state index is 0.0129. The highest BCUT2D eigenvalue weighted by atomic mass is 19.1. The van der Waals surface area contributed by atoms with Crippen LogP contribution in [0.4, 0.5) is 21.5 Å². The van der Waals surface area contributed by atoms with Crippen LogP contribution in [0.1, 0.15) is 12.5 Å².